The molecule has 4 aromatic carbocycles. The lowest BCUT2D eigenvalue weighted by Gasteiger charge is -2.45. The number of piperidine rings is 1. The summed E-state index contributed by atoms with van der Waals surface area (Å²) in [6.07, 6.45) is -4.01. The number of carboxylic acid groups (broad SMARTS) is 1. The van der Waals surface area contributed by atoms with Crippen LogP contribution in [-0.2, 0) is 32.0 Å². The molecular formula is C47H50F3N5O10. The molecule has 0 spiro atoms. The third kappa shape index (κ3) is 10.9. The van der Waals surface area contributed by atoms with Gasteiger partial charge in [0.2, 0.25) is 11.5 Å². The van der Waals surface area contributed by atoms with E-state index in [2.05, 4.69) is 35.0 Å². The topological polar surface area (TPSA) is 215 Å². The Morgan fingerprint density at radius 1 is 0.954 bits per heavy atom. The number of aryl methyl sites for hydroxylation is 1. The van der Waals surface area contributed by atoms with Gasteiger partial charge in [0, 0.05) is 66.7 Å². The lowest BCUT2D eigenvalue weighted by atomic mass is 9.96. The number of alkyl halides is 3. The van der Waals surface area contributed by atoms with Crippen molar-refractivity contribution >= 4 is 40.2 Å². The second kappa shape index (κ2) is 19.3. The van der Waals surface area contributed by atoms with Crippen LogP contribution in [0.4, 0.5) is 29.3 Å². The maximum Gasteiger partial charge on any atom is 0.430 e. The quantitative estimate of drug-likeness (QED) is 0.0622. The number of aliphatic hydroxyl groups excluding tert-OH is 1. The number of hydrogen-bond donors (Lipinski definition) is 6. The molecule has 0 unspecified atom stereocenters. The number of amides is 2. The van der Waals surface area contributed by atoms with Crippen LogP contribution in [0.15, 0.2) is 95.8 Å². The van der Waals surface area contributed by atoms with Gasteiger partial charge in [0.15, 0.2) is 0 Å². The Hall–Kier alpha value is -6.47. The van der Waals surface area contributed by atoms with Gasteiger partial charge in [-0.1, -0.05) is 54.6 Å². The molecule has 0 saturated carbocycles. The first-order valence-electron chi connectivity index (χ1n) is 21.1. The summed E-state index contributed by atoms with van der Waals surface area (Å²) in [7, 11) is 4.50. The predicted octanol–water partition coefficient (Wildman–Crippen LogP) is 5.30. The normalized spacial score (nSPS) is 20.7. The van der Waals surface area contributed by atoms with Gasteiger partial charge in [-0.05, 0) is 54.3 Å². The molecule has 6 N–H and O–H groups in total. The van der Waals surface area contributed by atoms with E-state index in [4.69, 9.17) is 24.1 Å². The molecule has 18 heteroatoms. The highest BCUT2D eigenvalue weighted by atomic mass is 19.4. The highest BCUT2D eigenvalue weighted by Crippen LogP contribution is 2.51. The van der Waals surface area contributed by atoms with E-state index in [1.807, 2.05) is 67.6 Å². The molecule has 2 bridgehead atoms. The van der Waals surface area contributed by atoms with Crippen molar-refractivity contribution < 1.29 is 61.6 Å². The lowest BCUT2D eigenvalue weighted by molar-refractivity contribution is -0.938. The summed E-state index contributed by atoms with van der Waals surface area (Å²) < 4.78 is 50.3. The fourth-order valence-electron chi connectivity index (χ4n) is 8.86. The van der Waals surface area contributed by atoms with E-state index in [1.165, 1.54) is 12.1 Å². The van der Waals surface area contributed by atoms with Gasteiger partial charge in [-0.2, -0.15) is 13.2 Å². The highest BCUT2D eigenvalue weighted by Gasteiger charge is 2.70. The molecule has 6 atom stereocenters. The molecule has 344 valence electrons. The Labute approximate surface area is 371 Å². The summed E-state index contributed by atoms with van der Waals surface area (Å²) in [5, 5.41) is 39.8. The molecule has 4 heterocycles. The van der Waals surface area contributed by atoms with Crippen molar-refractivity contribution in [3.05, 3.63) is 118 Å². The van der Waals surface area contributed by atoms with Crippen LogP contribution in [0.3, 0.4) is 0 Å². The Balaban J connectivity index is 0.000000833. The van der Waals surface area contributed by atoms with Gasteiger partial charge in [0.25, 0.3) is 0 Å². The van der Waals surface area contributed by atoms with Gasteiger partial charge in [0.1, 0.15) is 47.9 Å². The molecule has 65 heavy (non-hydrogen) atoms. The number of H-pyrrole nitrogens is 1. The van der Waals surface area contributed by atoms with Crippen LogP contribution in [0.25, 0.3) is 22.0 Å². The highest BCUT2D eigenvalue weighted by molar-refractivity contribution is 5.93. The fraction of sp³-hybridized carbons (Fsp3) is 0.362. The van der Waals surface area contributed by atoms with Crippen LogP contribution in [0.5, 0.6) is 11.5 Å². The van der Waals surface area contributed by atoms with Crippen molar-refractivity contribution in [3.8, 4) is 22.6 Å². The van der Waals surface area contributed by atoms with E-state index in [0.29, 0.717) is 59.7 Å². The van der Waals surface area contributed by atoms with Crippen LogP contribution < -0.4 is 31.4 Å². The minimum absolute atomic E-state index is 0.0690. The molecule has 8 rings (SSSR count). The number of quaternary nitrogens is 1. The average Bonchev–Trinajstić information content (AvgIpc) is 4.03. The molecule has 3 aliphatic rings. The number of carbonyl (C=O) groups excluding carboxylic acids is 3. The summed E-state index contributed by atoms with van der Waals surface area (Å²) >= 11 is 0. The first kappa shape index (κ1) is 46.5. The molecule has 2 amide bonds. The van der Waals surface area contributed by atoms with E-state index in [9.17, 15) is 37.8 Å². The number of carbonyl (C=O) groups is 3. The first-order valence-corrected chi connectivity index (χ1v) is 21.1. The third-order valence-electron chi connectivity index (χ3n) is 12.2. The van der Waals surface area contributed by atoms with Gasteiger partial charge in [-0.25, -0.2) is 4.79 Å². The molecule has 3 fully saturated rings. The van der Waals surface area contributed by atoms with Gasteiger partial charge in [0.05, 0.1) is 38.0 Å². The number of likely N-dealkylation sites (N-methyl/N-ethyl adjacent to an activating group) is 1. The Kier molecular flexibility index (Phi) is 13.8. The summed E-state index contributed by atoms with van der Waals surface area (Å²) in [4.78, 5) is 49.8. The zero-order valence-corrected chi connectivity index (χ0v) is 35.8. The number of aromatic amines is 1. The number of carboxylic acids is 1. The van der Waals surface area contributed by atoms with Gasteiger partial charge in [-0.3, -0.25) is 14.9 Å². The first-order chi connectivity index (χ1) is 30.9. The van der Waals surface area contributed by atoms with Crippen LogP contribution in [-0.4, -0.2) is 101 Å². The van der Waals surface area contributed by atoms with E-state index >= 15 is 0 Å². The SMILES string of the molecule is CCOc1cc(NC(=O)CCc2ccc(-c3ccccc3)c(NC(=O)O[C@@H]3C[C@@H]4[C@H]5O[C@H]5[C@H](C3)[N+]4(C)C)c2)ccc1CNC[C@H](O)c1ccc(O)c2[nH]c(=O)ccc12.O=C([O-])C(F)(F)F. The van der Waals surface area contributed by atoms with Crippen molar-refractivity contribution in [2.45, 2.75) is 81.8 Å². The van der Waals surface area contributed by atoms with E-state index in [-0.39, 0.29) is 54.0 Å². The van der Waals surface area contributed by atoms with Gasteiger partial charge in [-0.15, -0.1) is 0 Å². The Bertz CT molecular complexity index is 2590. The monoisotopic (exact) mass is 901 g/mol. The number of benzene rings is 4. The van der Waals surface area contributed by atoms with Crippen molar-refractivity contribution in [2.75, 3.05) is 37.9 Å². The number of pyridine rings is 1. The number of aromatic nitrogens is 1. The molecule has 0 aliphatic carbocycles. The number of aliphatic hydroxyl groups is 1. The largest absolute Gasteiger partial charge is 0.542 e. The minimum Gasteiger partial charge on any atom is -0.542 e. The van der Waals surface area contributed by atoms with Crippen molar-refractivity contribution in [2.24, 2.45) is 0 Å². The van der Waals surface area contributed by atoms with Crippen LogP contribution in [0.1, 0.15) is 49.0 Å². The number of rotatable bonds is 14. The molecule has 1 aromatic heterocycles. The predicted molar refractivity (Wildman–Crippen MR) is 232 cm³/mol. The zero-order valence-electron chi connectivity index (χ0n) is 35.8. The van der Waals surface area contributed by atoms with Crippen molar-refractivity contribution in [1.29, 1.82) is 0 Å². The second-order valence-electron chi connectivity index (χ2n) is 16.7. The number of fused-ring (bicyclic) bond motifs is 6. The summed E-state index contributed by atoms with van der Waals surface area (Å²) in [6.45, 7) is 2.88. The van der Waals surface area contributed by atoms with Crippen LogP contribution in [0, 0.1) is 0 Å². The number of phenolic OH excluding ortho intramolecular Hbond substituents is 1. The number of nitrogens with zero attached hydrogens (tertiary/aromatic N) is 1. The summed E-state index contributed by atoms with van der Waals surface area (Å²) in [5.41, 5.74) is 5.27. The number of nitrogens with one attached hydrogen (secondary N) is 4. The molecular weight excluding hydrogens is 852 g/mol. The summed E-state index contributed by atoms with van der Waals surface area (Å²) in [6, 6.07) is 27.9. The van der Waals surface area contributed by atoms with Crippen molar-refractivity contribution in [1.82, 2.24) is 10.3 Å². The number of aliphatic carboxylic acids is 1. The number of ether oxygens (including phenoxy) is 3. The number of phenols is 1. The smallest absolute Gasteiger partial charge is 0.430 e. The van der Waals surface area contributed by atoms with Gasteiger partial charge >= 0.3 is 12.3 Å². The number of morpholine rings is 1. The maximum atomic E-state index is 13.4. The lowest BCUT2D eigenvalue weighted by Crippen LogP contribution is -2.60. The maximum absolute atomic E-state index is 13.4. The second-order valence-corrected chi connectivity index (χ2v) is 16.7. The average molecular weight is 902 g/mol. The van der Waals surface area contributed by atoms with Crippen molar-refractivity contribution in [3.63, 3.8) is 0 Å². The van der Waals surface area contributed by atoms with E-state index < -0.39 is 24.3 Å². The number of anilines is 2. The number of aromatic hydroxyl groups is 1. The number of epoxide rings is 1. The molecule has 3 saturated heterocycles. The number of halogens is 3. The zero-order chi connectivity index (χ0) is 46.6. The van der Waals surface area contributed by atoms with E-state index in [1.54, 1.807) is 18.2 Å². The standard InChI is InChI=1S/C45H49N5O8.C2HF3O2/c1-4-56-39-21-29(13-12-28(39)24-46-25-38(52)32-15-17-37(51)42-33(32)16-19-41(54)49-42)47-40(53)18-11-26-10-14-31(27-8-6-5-7-9-27)34(20-26)48-45(55)57-30-22-35-43-44(58-43)36(23-30)50(35,2)3;3-2(4,5)1(6)7/h5-10,12-17,19-21,30,35-36,38,43-44,46,52H,4,11,18,22-25H2,1-3H3,(H3-,47,48,49,51,53,54,55);(H,6,7)/t30-,35-,36+,38-,43-,44+;/m0./s1. The Morgan fingerprint density at radius 2 is 1.66 bits per heavy atom. The fourth-order valence-corrected chi connectivity index (χ4v) is 8.86. The van der Waals surface area contributed by atoms with Gasteiger partial charge < -0.3 is 54.4 Å². The molecule has 5 aromatic rings. The van der Waals surface area contributed by atoms with Crippen LogP contribution >= 0.6 is 0 Å². The third-order valence-corrected chi connectivity index (χ3v) is 12.2. The summed E-state index contributed by atoms with van der Waals surface area (Å²) in [5.74, 6) is -2.65. The minimum atomic E-state index is -5.19. The number of hydrogen-bond acceptors (Lipinski definition) is 11. The Morgan fingerprint density at radius 3 is 2.34 bits per heavy atom. The molecule has 0 radical (unpaired) electrons. The van der Waals surface area contributed by atoms with Crippen LogP contribution in [0.2, 0.25) is 0 Å². The molecule has 3 aliphatic heterocycles. The van der Waals surface area contributed by atoms with E-state index in [0.717, 1.165) is 39.6 Å². The molecule has 15 nitrogen and oxygen atoms in total.